The predicted octanol–water partition coefficient (Wildman–Crippen LogP) is -1.35. The van der Waals surface area contributed by atoms with Crippen LogP contribution in [0.3, 0.4) is 0 Å². The highest BCUT2D eigenvalue weighted by Gasteiger charge is 2.44. The lowest BCUT2D eigenvalue weighted by molar-refractivity contribution is -0.147. The second kappa shape index (κ2) is 6.04. The van der Waals surface area contributed by atoms with E-state index in [4.69, 9.17) is 10.5 Å². The summed E-state index contributed by atoms with van der Waals surface area (Å²) in [6.45, 7) is 0.268. The van der Waals surface area contributed by atoms with Crippen LogP contribution in [0.1, 0.15) is 10.4 Å². The third kappa shape index (κ3) is 2.99. The molecule has 0 radical (unpaired) electrons. The van der Waals surface area contributed by atoms with Gasteiger partial charge in [-0.05, 0) is 24.3 Å². The van der Waals surface area contributed by atoms with Gasteiger partial charge in [-0.15, -0.1) is 0 Å². The highest BCUT2D eigenvalue weighted by atomic mass is 16.5. The number of nitrogens with one attached hydrogen (secondary N) is 1. The molecule has 2 unspecified atom stereocenters. The van der Waals surface area contributed by atoms with E-state index in [0.717, 1.165) is 0 Å². The molecule has 2 atom stereocenters. The number of imide groups is 1. The summed E-state index contributed by atoms with van der Waals surface area (Å²) in [5, 5.41) is 2.01. The van der Waals surface area contributed by atoms with Crippen LogP contribution in [0.15, 0.2) is 24.3 Å². The lowest BCUT2D eigenvalue weighted by Crippen LogP contribution is -2.66. The van der Waals surface area contributed by atoms with Crippen LogP contribution in [-0.2, 0) is 14.4 Å². The van der Waals surface area contributed by atoms with Crippen molar-refractivity contribution in [2.75, 3.05) is 6.54 Å². The second-order valence-electron chi connectivity index (χ2n) is 4.42. The molecule has 0 bridgehead atoms. The van der Waals surface area contributed by atoms with Crippen molar-refractivity contribution in [2.24, 2.45) is 5.73 Å². The van der Waals surface area contributed by atoms with Crippen LogP contribution in [-0.4, -0.2) is 48.2 Å². The maximum absolute atomic E-state index is 11.4. The molecule has 0 aliphatic carbocycles. The van der Waals surface area contributed by atoms with Crippen LogP contribution < -0.4 is 15.8 Å². The van der Waals surface area contributed by atoms with Crippen LogP contribution in [0, 0.1) is 0 Å². The lowest BCUT2D eigenvalue weighted by Gasteiger charge is -2.43. The van der Waals surface area contributed by atoms with Crippen molar-refractivity contribution < 1.29 is 23.9 Å². The predicted molar refractivity (Wildman–Crippen MR) is 70.1 cm³/mol. The number of hydrogen-bond donors (Lipinski definition) is 2. The van der Waals surface area contributed by atoms with E-state index in [1.54, 1.807) is 0 Å². The number of nitrogens with zero attached hydrogens (tertiary/aromatic N) is 1. The van der Waals surface area contributed by atoms with Crippen LogP contribution in [0.2, 0.25) is 0 Å². The zero-order valence-corrected chi connectivity index (χ0v) is 10.9. The van der Waals surface area contributed by atoms with Gasteiger partial charge in [0, 0.05) is 5.56 Å². The maximum Gasteiger partial charge on any atom is 0.257 e. The summed E-state index contributed by atoms with van der Waals surface area (Å²) in [7, 11) is 0. The molecule has 2 rings (SSSR count). The second-order valence-corrected chi connectivity index (χ2v) is 4.42. The highest BCUT2D eigenvalue weighted by molar-refractivity contribution is 5.99. The molecule has 1 aromatic carbocycles. The monoisotopic (exact) mass is 291 g/mol. The number of primary amides is 1. The van der Waals surface area contributed by atoms with Crippen molar-refractivity contribution in [3.8, 4) is 5.75 Å². The van der Waals surface area contributed by atoms with Gasteiger partial charge in [-0.25, -0.2) is 0 Å². The van der Waals surface area contributed by atoms with E-state index in [1.807, 2.05) is 5.32 Å². The molecule has 21 heavy (non-hydrogen) atoms. The van der Waals surface area contributed by atoms with Gasteiger partial charge < -0.3 is 15.4 Å². The molecule has 1 aliphatic heterocycles. The summed E-state index contributed by atoms with van der Waals surface area (Å²) in [5.41, 5.74) is 5.49. The number of nitrogens with two attached hydrogens (primary N) is 1. The van der Waals surface area contributed by atoms with Crippen molar-refractivity contribution in [3.05, 3.63) is 29.8 Å². The lowest BCUT2D eigenvalue weighted by atomic mass is 9.99. The third-order valence-electron chi connectivity index (χ3n) is 3.12. The fourth-order valence-electron chi connectivity index (χ4n) is 2.05. The first-order valence-corrected chi connectivity index (χ1v) is 6.08. The third-order valence-corrected chi connectivity index (χ3v) is 3.12. The Morgan fingerprint density at radius 3 is 2.48 bits per heavy atom. The molecule has 8 nitrogen and oxygen atoms in total. The van der Waals surface area contributed by atoms with Crippen molar-refractivity contribution >= 4 is 24.6 Å². The van der Waals surface area contributed by atoms with E-state index < -0.39 is 24.0 Å². The Hall–Kier alpha value is -2.90. The van der Waals surface area contributed by atoms with Gasteiger partial charge in [0.1, 0.15) is 17.9 Å². The molecule has 1 aromatic rings. The summed E-state index contributed by atoms with van der Waals surface area (Å²) >= 11 is 0. The Bertz CT molecular complexity index is 572. The first-order valence-electron chi connectivity index (χ1n) is 6.08. The zero-order chi connectivity index (χ0) is 15.4. The van der Waals surface area contributed by atoms with Crippen LogP contribution >= 0.6 is 0 Å². The summed E-state index contributed by atoms with van der Waals surface area (Å²) in [6, 6.07) is 5.22. The number of carbonyl (C=O) groups is 4. The number of ether oxygens (including phenoxy) is 1. The number of amides is 4. The Morgan fingerprint density at radius 2 is 1.95 bits per heavy atom. The van der Waals surface area contributed by atoms with Crippen LogP contribution in [0.5, 0.6) is 5.75 Å². The Kier molecular flexibility index (Phi) is 4.17. The topological polar surface area (TPSA) is 119 Å². The molecule has 8 heteroatoms. The summed E-state index contributed by atoms with van der Waals surface area (Å²) in [6.07, 6.45) is 0.330. The van der Waals surface area contributed by atoms with Gasteiger partial charge in [0.25, 0.3) is 5.91 Å². The molecule has 1 aliphatic rings. The van der Waals surface area contributed by atoms with E-state index in [0.29, 0.717) is 24.1 Å². The summed E-state index contributed by atoms with van der Waals surface area (Å²) < 4.78 is 5.55. The molecule has 0 spiro atoms. The first-order chi connectivity index (χ1) is 10.1. The smallest absolute Gasteiger partial charge is 0.257 e. The molecule has 0 aromatic heterocycles. The fraction of sp³-hybridized carbons (Fsp3) is 0.231. The molecule has 1 saturated heterocycles. The number of rotatable bonds is 6. The number of carbonyl (C=O) groups excluding carboxylic acids is 4. The first kappa shape index (κ1) is 14.5. The van der Waals surface area contributed by atoms with Crippen molar-refractivity contribution in [1.82, 2.24) is 10.2 Å². The van der Waals surface area contributed by atoms with E-state index in [2.05, 4.69) is 0 Å². The largest absolute Gasteiger partial charge is 0.486 e. The summed E-state index contributed by atoms with van der Waals surface area (Å²) in [4.78, 5) is 44.7. The van der Waals surface area contributed by atoms with E-state index in [1.165, 1.54) is 29.2 Å². The normalized spacial score (nSPS) is 20.1. The fourth-order valence-corrected chi connectivity index (χ4v) is 2.05. The Balaban J connectivity index is 2.01. The molecule has 4 amide bonds. The minimum Gasteiger partial charge on any atom is -0.486 e. The molecule has 3 N–H and O–H groups in total. The highest BCUT2D eigenvalue weighted by Crippen LogP contribution is 2.23. The standard InChI is InChI=1S/C13H13N3O5/c14-12(19)11-10(5-16(11)7-18)21-9-3-1-8(2-4-9)13(20)15-6-17/h1-4,6-7,10-11H,5H2,(H2,14,19)(H,15,17,20). The Morgan fingerprint density at radius 1 is 1.29 bits per heavy atom. The van der Waals surface area contributed by atoms with Crippen molar-refractivity contribution in [1.29, 1.82) is 0 Å². The SMILES string of the molecule is NC(=O)C1C(Oc2ccc(C(=O)NC=O)cc2)CN1C=O. The van der Waals surface area contributed by atoms with Crippen LogP contribution in [0.4, 0.5) is 0 Å². The van der Waals surface area contributed by atoms with Gasteiger partial charge >= 0.3 is 0 Å². The number of likely N-dealkylation sites (tertiary alicyclic amines) is 1. The van der Waals surface area contributed by atoms with Gasteiger partial charge in [-0.1, -0.05) is 0 Å². The van der Waals surface area contributed by atoms with E-state index in [9.17, 15) is 19.2 Å². The van der Waals surface area contributed by atoms with Gasteiger partial charge in [-0.3, -0.25) is 24.5 Å². The van der Waals surface area contributed by atoms with Crippen LogP contribution in [0.25, 0.3) is 0 Å². The van der Waals surface area contributed by atoms with Gasteiger partial charge in [0.05, 0.1) is 6.54 Å². The molecular weight excluding hydrogens is 278 g/mol. The summed E-state index contributed by atoms with van der Waals surface area (Å²) in [5.74, 6) is -0.734. The molecule has 1 fully saturated rings. The molecule has 1 heterocycles. The van der Waals surface area contributed by atoms with Crippen molar-refractivity contribution in [2.45, 2.75) is 12.1 Å². The van der Waals surface area contributed by atoms with Crippen molar-refractivity contribution in [3.63, 3.8) is 0 Å². The minimum absolute atomic E-state index is 0.268. The molecule has 0 saturated carbocycles. The molecule has 110 valence electrons. The van der Waals surface area contributed by atoms with Gasteiger partial charge in [0.15, 0.2) is 0 Å². The quantitative estimate of drug-likeness (QED) is 0.628. The van der Waals surface area contributed by atoms with Gasteiger partial charge in [0.2, 0.25) is 18.7 Å². The Labute approximate surface area is 119 Å². The number of benzene rings is 1. The minimum atomic E-state index is -0.791. The van der Waals surface area contributed by atoms with E-state index in [-0.39, 0.29) is 6.54 Å². The maximum atomic E-state index is 11.4. The average molecular weight is 291 g/mol. The zero-order valence-electron chi connectivity index (χ0n) is 10.9. The average Bonchev–Trinajstić information content (AvgIpc) is 2.43. The molecular formula is C13H13N3O5. The van der Waals surface area contributed by atoms with Gasteiger partial charge in [-0.2, -0.15) is 0 Å². The van der Waals surface area contributed by atoms with E-state index >= 15 is 0 Å². The number of hydrogen-bond acceptors (Lipinski definition) is 5.